The fourth-order valence-corrected chi connectivity index (χ4v) is 2.51. The third-order valence-electron chi connectivity index (χ3n) is 4.17. The Bertz CT molecular complexity index is 410. The van der Waals surface area contributed by atoms with Crippen LogP contribution in [0, 0.1) is 0 Å². The van der Waals surface area contributed by atoms with Gasteiger partial charge in [0.05, 0.1) is 6.61 Å². The topological polar surface area (TPSA) is 155 Å². The third kappa shape index (κ3) is 84.6. The number of carbonyl (C=O) groups is 8. The third-order valence-corrected chi connectivity index (χ3v) is 4.17. The van der Waals surface area contributed by atoms with Gasteiger partial charge in [-0.3, -0.25) is 0 Å². The smallest absolute Gasteiger partial charge is 0.330 e. The number of aldehydes is 2. The Hall–Kier alpha value is -3.14. The summed E-state index contributed by atoms with van der Waals surface area (Å²) in [4.78, 5) is 70.5. The van der Waals surface area contributed by atoms with Crippen LogP contribution in [0.3, 0.4) is 0 Å². The maximum Gasteiger partial charge on any atom is 0.330 e. The van der Waals surface area contributed by atoms with Crippen molar-refractivity contribution in [3.8, 4) is 0 Å². The molecular weight excluding hydrogens is 496 g/mol. The molecule has 0 N–H and O–H groups in total. The van der Waals surface area contributed by atoms with Crippen LogP contribution in [0.5, 0.6) is 0 Å². The molecule has 0 spiro atoms. The van der Waals surface area contributed by atoms with Crippen molar-refractivity contribution in [1.82, 2.24) is 0 Å². The molecule has 0 radical (unpaired) electrons. The highest BCUT2D eigenvalue weighted by molar-refractivity contribution is 5.81. The molecule has 10 heteroatoms. The molecular formula is C28H52O10. The van der Waals surface area contributed by atoms with Gasteiger partial charge in [0.2, 0.25) is 0 Å². The van der Waals surface area contributed by atoms with E-state index < -0.39 is 0 Å². The number of esters is 1. The first-order chi connectivity index (χ1) is 18.7. The number of rotatable bonds is 20. The molecule has 10 nitrogen and oxygen atoms in total. The van der Waals surface area contributed by atoms with Crippen LogP contribution < -0.4 is 0 Å². The Morgan fingerprint density at radius 2 is 0.921 bits per heavy atom. The summed E-state index contributed by atoms with van der Waals surface area (Å²) in [6, 6.07) is 0. The van der Waals surface area contributed by atoms with Crippen molar-refractivity contribution >= 4 is 52.5 Å². The van der Waals surface area contributed by atoms with Gasteiger partial charge in [0.1, 0.15) is 53.1 Å². The highest BCUT2D eigenvalue weighted by Gasteiger charge is 1.95. The molecule has 0 aliphatic heterocycles. The molecule has 0 aromatic rings. The molecule has 0 aliphatic carbocycles. The van der Waals surface area contributed by atoms with Gasteiger partial charge in [0.25, 0.3) is 0 Å². The van der Waals surface area contributed by atoms with Crippen LogP contribution in [0.4, 0.5) is 0 Å². The lowest BCUT2D eigenvalue weighted by atomic mass is 10.1. The molecule has 0 rings (SSSR count). The predicted octanol–water partition coefficient (Wildman–Crippen LogP) is 4.67. The van der Waals surface area contributed by atoms with E-state index in [0.717, 1.165) is 63.8 Å². The molecule has 0 bridgehead atoms. The van der Waals surface area contributed by atoms with Crippen molar-refractivity contribution in [3.63, 3.8) is 0 Å². The molecule has 0 aromatic heterocycles. The van der Waals surface area contributed by atoms with Gasteiger partial charge in [-0.25, -0.2) is 4.79 Å². The van der Waals surface area contributed by atoms with Crippen LogP contribution >= 0.6 is 0 Å². The summed E-state index contributed by atoms with van der Waals surface area (Å²) in [6.45, 7) is 17.1. The van der Waals surface area contributed by atoms with Gasteiger partial charge in [-0.15, -0.1) is 0 Å². The predicted molar refractivity (Wildman–Crippen MR) is 150 cm³/mol. The van der Waals surface area contributed by atoms with Gasteiger partial charge in [-0.05, 0) is 19.3 Å². The number of unbranched alkanes of at least 4 members (excludes halogenated alkanes) is 12. The zero-order chi connectivity index (χ0) is 31.1. The molecule has 38 heavy (non-hydrogen) atoms. The first kappa shape index (κ1) is 51.5. The summed E-state index contributed by atoms with van der Waals surface area (Å²) in [7, 11) is 0. The summed E-state index contributed by atoms with van der Waals surface area (Å²) in [5, 5.41) is 0. The number of hydrogen-bond donors (Lipinski definition) is 0. The van der Waals surface area contributed by atoms with Crippen LogP contribution in [-0.4, -0.2) is 72.3 Å². The Morgan fingerprint density at radius 1 is 0.553 bits per heavy atom. The zero-order valence-corrected chi connectivity index (χ0v) is 23.6. The Labute approximate surface area is 229 Å². The molecule has 224 valence electrons. The number of ether oxygens (including phenoxy) is 2. The molecule has 0 fully saturated rings. The standard InChI is InChI=1S/C14H26O3.C9H16O2.5CH2O/c1-3-5-6-7-8-9-10-11-16-12-13-17-14(15)4-2;10-8-6-4-2-1-3-5-7-9-11;5*1-2/h4H,2-3,5-13H2,1H3;8-9H,1-7H2;5*1H2. The lowest BCUT2D eigenvalue weighted by molar-refractivity contribution is -0.139. The number of hydrogen-bond acceptors (Lipinski definition) is 10. The summed E-state index contributed by atoms with van der Waals surface area (Å²) in [6.07, 6.45) is 18.9. The fraction of sp³-hybridized carbons (Fsp3) is 0.643. The molecule has 0 atom stereocenters. The molecule has 0 heterocycles. The fourth-order valence-electron chi connectivity index (χ4n) is 2.51. The lowest BCUT2D eigenvalue weighted by Gasteiger charge is -2.04. The summed E-state index contributed by atoms with van der Waals surface area (Å²) < 4.78 is 10.1. The molecule has 0 aromatic carbocycles. The highest BCUT2D eigenvalue weighted by Crippen LogP contribution is 2.07. The quantitative estimate of drug-likeness (QED) is 0.0906. The second kappa shape index (κ2) is 76.5. The monoisotopic (exact) mass is 548 g/mol. The summed E-state index contributed by atoms with van der Waals surface area (Å²) in [5.74, 6) is -0.385. The van der Waals surface area contributed by atoms with Crippen LogP contribution in [0.1, 0.15) is 96.8 Å². The minimum absolute atomic E-state index is 0.321. The maximum atomic E-state index is 10.7. The summed E-state index contributed by atoms with van der Waals surface area (Å²) in [5.41, 5.74) is 0. The average molecular weight is 549 g/mol. The Morgan fingerprint density at radius 3 is 1.29 bits per heavy atom. The maximum absolute atomic E-state index is 10.7. The van der Waals surface area contributed by atoms with Gasteiger partial charge in [-0.2, -0.15) is 0 Å². The SMILES string of the molecule is C=CC(=O)OCCOCCCCCCCCC.C=O.C=O.C=O.C=O.C=O.O=CCCCCCCCC=O. The minimum Gasteiger partial charge on any atom is -0.460 e. The van der Waals surface area contributed by atoms with Crippen LogP contribution in [0.2, 0.25) is 0 Å². The van der Waals surface area contributed by atoms with E-state index in [1.807, 2.05) is 33.9 Å². The van der Waals surface area contributed by atoms with Crippen molar-refractivity contribution in [2.24, 2.45) is 0 Å². The second-order valence-corrected chi connectivity index (χ2v) is 6.78. The van der Waals surface area contributed by atoms with Gasteiger partial charge in [0.15, 0.2) is 0 Å². The van der Waals surface area contributed by atoms with Gasteiger partial charge < -0.3 is 43.0 Å². The normalized spacial score (nSPS) is 7.82. The van der Waals surface area contributed by atoms with E-state index in [1.54, 1.807) is 0 Å². The van der Waals surface area contributed by atoms with Crippen molar-refractivity contribution in [1.29, 1.82) is 0 Å². The molecule has 0 amide bonds. The van der Waals surface area contributed by atoms with Gasteiger partial charge in [0, 0.05) is 25.5 Å². The van der Waals surface area contributed by atoms with Crippen molar-refractivity contribution in [2.45, 2.75) is 96.8 Å². The first-order valence-corrected chi connectivity index (χ1v) is 12.4. The van der Waals surface area contributed by atoms with Crippen LogP contribution in [0.15, 0.2) is 12.7 Å². The van der Waals surface area contributed by atoms with E-state index in [2.05, 4.69) is 13.5 Å². The number of carbonyl (C=O) groups excluding carboxylic acids is 8. The first-order valence-electron chi connectivity index (χ1n) is 12.4. The Balaban J connectivity index is -0.0000000788. The van der Waals surface area contributed by atoms with E-state index >= 15 is 0 Å². The van der Waals surface area contributed by atoms with E-state index in [1.165, 1.54) is 38.5 Å². The van der Waals surface area contributed by atoms with E-state index in [4.69, 9.17) is 33.4 Å². The van der Waals surface area contributed by atoms with Gasteiger partial charge in [-0.1, -0.05) is 71.3 Å². The largest absolute Gasteiger partial charge is 0.460 e. The second-order valence-electron chi connectivity index (χ2n) is 6.78. The van der Waals surface area contributed by atoms with Crippen molar-refractivity contribution in [2.75, 3.05) is 19.8 Å². The van der Waals surface area contributed by atoms with Crippen molar-refractivity contribution < 1.29 is 47.8 Å². The molecule has 0 unspecified atom stereocenters. The average Bonchev–Trinajstić information content (AvgIpc) is 3.00. The van der Waals surface area contributed by atoms with Gasteiger partial charge >= 0.3 is 5.97 Å². The molecule has 0 aliphatic rings. The van der Waals surface area contributed by atoms with Crippen molar-refractivity contribution in [3.05, 3.63) is 12.7 Å². The summed E-state index contributed by atoms with van der Waals surface area (Å²) >= 11 is 0. The van der Waals surface area contributed by atoms with E-state index in [0.29, 0.717) is 26.1 Å². The van der Waals surface area contributed by atoms with Crippen LogP contribution in [-0.2, 0) is 47.8 Å². The molecule has 0 saturated carbocycles. The lowest BCUT2D eigenvalue weighted by Crippen LogP contribution is -2.08. The Kier molecular flexibility index (Phi) is 104. The van der Waals surface area contributed by atoms with E-state index in [9.17, 15) is 14.4 Å². The molecule has 0 saturated heterocycles. The highest BCUT2D eigenvalue weighted by atomic mass is 16.6. The van der Waals surface area contributed by atoms with E-state index in [-0.39, 0.29) is 5.97 Å². The minimum atomic E-state index is -0.385. The zero-order valence-electron chi connectivity index (χ0n) is 23.6. The van der Waals surface area contributed by atoms with Crippen LogP contribution in [0.25, 0.3) is 0 Å².